The van der Waals surface area contributed by atoms with Gasteiger partial charge in [0, 0.05) is 20.3 Å². The molecule has 5 rings (SSSR count). The molecule has 0 unspecified atom stereocenters. The van der Waals surface area contributed by atoms with Crippen molar-refractivity contribution in [3.63, 3.8) is 0 Å². The van der Waals surface area contributed by atoms with Crippen LogP contribution in [0.25, 0.3) is 26.1 Å². The van der Waals surface area contributed by atoms with E-state index in [0.29, 0.717) is 4.70 Å². The van der Waals surface area contributed by atoms with Crippen LogP contribution in [0.4, 0.5) is 5.69 Å². The lowest BCUT2D eigenvalue weighted by Crippen LogP contribution is -2.18. The van der Waals surface area contributed by atoms with Crippen LogP contribution in [0.15, 0.2) is 41.6 Å². The summed E-state index contributed by atoms with van der Waals surface area (Å²) in [6.07, 6.45) is 6.86. The molecule has 6 heteroatoms. The molecule has 1 aliphatic carbocycles. The predicted molar refractivity (Wildman–Crippen MR) is 107 cm³/mol. The van der Waals surface area contributed by atoms with E-state index in [9.17, 15) is 4.79 Å². The number of pyridine rings is 1. The van der Waals surface area contributed by atoms with Crippen LogP contribution < -0.4 is 10.5 Å². The van der Waals surface area contributed by atoms with Crippen molar-refractivity contribution >= 4 is 37.5 Å². The fraction of sp³-hybridized carbons (Fsp3) is 0.250. The fourth-order valence-electron chi connectivity index (χ4n) is 3.80. The zero-order valence-electron chi connectivity index (χ0n) is 14.7. The molecule has 26 heavy (non-hydrogen) atoms. The molecule has 130 valence electrons. The van der Waals surface area contributed by atoms with Crippen molar-refractivity contribution < 1.29 is 0 Å². The van der Waals surface area contributed by atoms with Crippen LogP contribution in [-0.4, -0.2) is 28.6 Å². The molecule has 1 aliphatic rings. The fourth-order valence-corrected chi connectivity index (χ4v) is 4.85. The summed E-state index contributed by atoms with van der Waals surface area (Å²) >= 11 is 1.42. The van der Waals surface area contributed by atoms with E-state index in [1.54, 1.807) is 17.1 Å². The third-order valence-corrected chi connectivity index (χ3v) is 6.18. The Hall–Kier alpha value is -2.73. The Morgan fingerprint density at radius 2 is 1.96 bits per heavy atom. The summed E-state index contributed by atoms with van der Waals surface area (Å²) in [5, 5.41) is 0.954. The summed E-state index contributed by atoms with van der Waals surface area (Å²) < 4.78 is 2.32. The molecule has 5 nitrogen and oxygen atoms in total. The Morgan fingerprint density at radius 1 is 1.12 bits per heavy atom. The second-order valence-corrected chi connectivity index (χ2v) is 7.91. The van der Waals surface area contributed by atoms with Gasteiger partial charge in [0.25, 0.3) is 5.56 Å². The third kappa shape index (κ3) is 2.18. The highest BCUT2D eigenvalue weighted by atomic mass is 32.1. The average Bonchev–Trinajstić information content (AvgIpc) is 3.25. The van der Waals surface area contributed by atoms with E-state index < -0.39 is 0 Å². The summed E-state index contributed by atoms with van der Waals surface area (Å²) in [7, 11) is 3.98. The van der Waals surface area contributed by atoms with Gasteiger partial charge in [-0.15, -0.1) is 11.3 Å². The van der Waals surface area contributed by atoms with Gasteiger partial charge in [0.15, 0.2) is 0 Å². The maximum atomic E-state index is 13.2. The summed E-state index contributed by atoms with van der Waals surface area (Å²) in [6, 6.07) is 8.26. The highest BCUT2D eigenvalue weighted by Gasteiger charge is 2.18. The molecule has 0 atom stereocenters. The number of aromatic nitrogens is 3. The van der Waals surface area contributed by atoms with Crippen molar-refractivity contribution in [3.05, 3.63) is 58.3 Å². The molecule has 0 amide bonds. The quantitative estimate of drug-likeness (QED) is 0.547. The molecule has 0 saturated carbocycles. The molecular formula is C20H18N4OS. The van der Waals surface area contributed by atoms with Gasteiger partial charge in [0.2, 0.25) is 0 Å². The number of hydrogen-bond donors (Lipinski definition) is 0. The van der Waals surface area contributed by atoms with Gasteiger partial charge in [-0.25, -0.2) is 9.97 Å². The first-order valence-corrected chi connectivity index (χ1v) is 9.53. The SMILES string of the molecule is CN(C)c1ccnc2sc3c(=O)n(-c4ccc5c(c4)CCC5)cnc3c12. The number of rotatable bonds is 2. The Bertz CT molecular complexity index is 1220. The van der Waals surface area contributed by atoms with E-state index in [0.717, 1.165) is 39.9 Å². The lowest BCUT2D eigenvalue weighted by molar-refractivity contribution is 0.910. The van der Waals surface area contributed by atoms with E-state index in [1.165, 1.54) is 28.9 Å². The minimum atomic E-state index is -0.0272. The number of thiophene rings is 1. The number of benzene rings is 1. The zero-order valence-corrected chi connectivity index (χ0v) is 15.5. The number of fused-ring (bicyclic) bond motifs is 4. The monoisotopic (exact) mass is 362 g/mol. The molecule has 0 aliphatic heterocycles. The molecule has 0 saturated heterocycles. The van der Waals surface area contributed by atoms with Gasteiger partial charge < -0.3 is 4.90 Å². The van der Waals surface area contributed by atoms with E-state index >= 15 is 0 Å². The van der Waals surface area contributed by atoms with E-state index in [1.807, 2.05) is 31.1 Å². The third-order valence-electron chi connectivity index (χ3n) is 5.10. The number of nitrogens with zero attached hydrogens (tertiary/aromatic N) is 4. The molecule has 0 bridgehead atoms. The smallest absolute Gasteiger partial charge is 0.275 e. The van der Waals surface area contributed by atoms with Gasteiger partial charge in [-0.2, -0.15) is 0 Å². The van der Waals surface area contributed by atoms with Crippen molar-refractivity contribution in [1.29, 1.82) is 0 Å². The lowest BCUT2D eigenvalue weighted by atomic mass is 10.1. The summed E-state index contributed by atoms with van der Waals surface area (Å²) in [5.41, 5.74) is 5.39. The zero-order chi connectivity index (χ0) is 17.8. The van der Waals surface area contributed by atoms with Crippen LogP contribution in [-0.2, 0) is 12.8 Å². The first-order chi connectivity index (χ1) is 12.6. The molecule has 0 N–H and O–H groups in total. The minimum Gasteiger partial charge on any atom is -0.377 e. The van der Waals surface area contributed by atoms with Crippen LogP contribution in [0.3, 0.4) is 0 Å². The molecule has 3 heterocycles. The average molecular weight is 362 g/mol. The molecule has 0 radical (unpaired) electrons. The maximum Gasteiger partial charge on any atom is 0.275 e. The first kappa shape index (κ1) is 15.5. The Morgan fingerprint density at radius 3 is 2.81 bits per heavy atom. The number of anilines is 1. The predicted octanol–water partition coefficient (Wildman–Crippen LogP) is 3.55. The highest BCUT2D eigenvalue weighted by molar-refractivity contribution is 7.25. The van der Waals surface area contributed by atoms with Gasteiger partial charge in [-0.05, 0) is 48.6 Å². The van der Waals surface area contributed by atoms with Gasteiger partial charge >= 0.3 is 0 Å². The Balaban J connectivity index is 1.77. The van der Waals surface area contributed by atoms with E-state index in [2.05, 4.69) is 22.1 Å². The molecule has 1 aromatic carbocycles. The van der Waals surface area contributed by atoms with Crippen molar-refractivity contribution in [3.8, 4) is 5.69 Å². The van der Waals surface area contributed by atoms with Crippen molar-refractivity contribution in [2.24, 2.45) is 0 Å². The van der Waals surface area contributed by atoms with Gasteiger partial charge in [-0.1, -0.05) is 6.07 Å². The highest BCUT2D eigenvalue weighted by Crippen LogP contribution is 2.35. The minimum absolute atomic E-state index is 0.0272. The van der Waals surface area contributed by atoms with Gasteiger partial charge in [0.1, 0.15) is 15.9 Å². The second kappa shape index (κ2) is 5.64. The number of aryl methyl sites for hydroxylation is 2. The van der Waals surface area contributed by atoms with Gasteiger partial charge in [-0.3, -0.25) is 9.36 Å². The standard InChI is InChI=1S/C20H18N4OS/c1-23(2)15-8-9-21-19-16(15)17-18(26-19)20(25)24(11-22-17)14-7-6-12-4-3-5-13(12)10-14/h6-11H,3-5H2,1-2H3. The Labute approximate surface area is 154 Å². The summed E-state index contributed by atoms with van der Waals surface area (Å²) in [5.74, 6) is 0. The van der Waals surface area contributed by atoms with E-state index in [-0.39, 0.29) is 5.56 Å². The molecule has 0 spiro atoms. The van der Waals surface area contributed by atoms with Crippen LogP contribution in [0.1, 0.15) is 17.5 Å². The van der Waals surface area contributed by atoms with Crippen LogP contribution >= 0.6 is 11.3 Å². The maximum absolute atomic E-state index is 13.2. The first-order valence-electron chi connectivity index (χ1n) is 8.72. The second-order valence-electron chi connectivity index (χ2n) is 6.91. The lowest BCUT2D eigenvalue weighted by Gasteiger charge is -2.13. The van der Waals surface area contributed by atoms with Crippen molar-refractivity contribution in [2.75, 3.05) is 19.0 Å². The molecule has 3 aromatic heterocycles. The van der Waals surface area contributed by atoms with Crippen molar-refractivity contribution in [2.45, 2.75) is 19.3 Å². The largest absolute Gasteiger partial charge is 0.377 e. The molecule has 0 fully saturated rings. The molecular weight excluding hydrogens is 344 g/mol. The Kier molecular flexibility index (Phi) is 3.37. The van der Waals surface area contributed by atoms with Crippen LogP contribution in [0.2, 0.25) is 0 Å². The van der Waals surface area contributed by atoms with Crippen molar-refractivity contribution in [1.82, 2.24) is 14.5 Å². The normalized spacial score (nSPS) is 13.5. The van der Waals surface area contributed by atoms with E-state index in [4.69, 9.17) is 0 Å². The topological polar surface area (TPSA) is 51.0 Å². The van der Waals surface area contributed by atoms with Crippen LogP contribution in [0, 0.1) is 0 Å². The molecule has 4 aromatic rings. The summed E-state index contributed by atoms with van der Waals surface area (Å²) in [4.78, 5) is 25.2. The van der Waals surface area contributed by atoms with Crippen LogP contribution in [0.5, 0.6) is 0 Å². The number of hydrogen-bond acceptors (Lipinski definition) is 5. The van der Waals surface area contributed by atoms with Gasteiger partial charge in [0.05, 0.1) is 22.3 Å². The summed E-state index contributed by atoms with van der Waals surface area (Å²) in [6.45, 7) is 0.